The number of aromatic nitrogens is 4. The van der Waals surface area contributed by atoms with E-state index in [0.29, 0.717) is 60.1 Å². The van der Waals surface area contributed by atoms with Gasteiger partial charge in [0.25, 0.3) is 0 Å². The van der Waals surface area contributed by atoms with Crippen LogP contribution in [0, 0.1) is 12.3 Å². The van der Waals surface area contributed by atoms with Crippen molar-refractivity contribution < 1.29 is 27.4 Å². The van der Waals surface area contributed by atoms with Crippen molar-refractivity contribution in [2.45, 2.75) is 63.8 Å². The van der Waals surface area contributed by atoms with Crippen LogP contribution in [-0.2, 0) is 4.79 Å². The average Bonchev–Trinajstić information content (AvgIpc) is 3.65. The van der Waals surface area contributed by atoms with Gasteiger partial charge in [0.05, 0.1) is 11.7 Å². The summed E-state index contributed by atoms with van der Waals surface area (Å²) in [6.07, 6.45) is 5.49. The first-order valence-corrected chi connectivity index (χ1v) is 19.3. The maximum atomic E-state index is 14.0. The molecule has 292 valence electrons. The van der Waals surface area contributed by atoms with Crippen LogP contribution in [0.15, 0.2) is 43.6 Å². The van der Waals surface area contributed by atoms with Crippen LogP contribution in [0.4, 0.5) is 19.0 Å². The lowest BCUT2D eigenvalue weighted by Gasteiger charge is -2.54. The number of alkyl halides is 3. The topological polar surface area (TPSA) is 103 Å². The number of amides is 1. The molecule has 4 saturated heterocycles. The molecule has 0 saturated carbocycles. The second kappa shape index (κ2) is 14.8. The minimum Gasteiger partial charge on any atom is -0.481 e. The van der Waals surface area contributed by atoms with Crippen molar-refractivity contribution in [3.63, 3.8) is 0 Å². The van der Waals surface area contributed by atoms with Crippen molar-refractivity contribution in [2.24, 2.45) is 5.41 Å². The molecule has 4 aliphatic heterocycles. The van der Waals surface area contributed by atoms with Gasteiger partial charge in [-0.25, -0.2) is 0 Å². The number of hydrogen-bond acceptors (Lipinski definition) is 9. The Morgan fingerprint density at radius 1 is 1.00 bits per heavy atom. The second-order valence-corrected chi connectivity index (χ2v) is 15.9. The first-order chi connectivity index (χ1) is 26.4. The standard InChI is InChI=1S/C41H49F3N8O3/c1-5-27-21-30-36(37(54-25-41(42,43)44)35(27)34-26(3)7-8-32-31(34)22-45-48-32)46-39(55-29-11-17-50(18-12-29)28-9-15-49(4)16-10-28)47-38(30)51-19-13-40(14-20-51)23-52(24-40)33(53)6-2/h5-8,21-22,28-29H,1-2,9-20,23-25H2,3-4H3,(H,45,48). The van der Waals surface area contributed by atoms with E-state index < -0.39 is 12.8 Å². The summed E-state index contributed by atoms with van der Waals surface area (Å²) in [5.74, 6) is 0.522. The monoisotopic (exact) mass is 758 g/mol. The molecule has 4 aliphatic rings. The van der Waals surface area contributed by atoms with Gasteiger partial charge in [0.15, 0.2) is 12.4 Å². The number of ether oxygens (including phenoxy) is 2. The predicted molar refractivity (Wildman–Crippen MR) is 207 cm³/mol. The lowest BCUT2D eigenvalue weighted by atomic mass is 9.72. The number of halogens is 3. The number of rotatable bonds is 9. The average molecular weight is 759 g/mol. The number of carbonyl (C=O) groups excluding carboxylic acids is 1. The van der Waals surface area contributed by atoms with Crippen molar-refractivity contribution in [2.75, 3.05) is 70.9 Å². The lowest BCUT2D eigenvalue weighted by Crippen LogP contribution is -2.61. The Morgan fingerprint density at radius 3 is 2.40 bits per heavy atom. The maximum absolute atomic E-state index is 14.0. The summed E-state index contributed by atoms with van der Waals surface area (Å²) in [5, 5.41) is 8.53. The zero-order valence-electron chi connectivity index (χ0n) is 31.6. The Morgan fingerprint density at radius 2 is 1.73 bits per heavy atom. The van der Waals surface area contributed by atoms with Crippen LogP contribution in [0.2, 0.25) is 0 Å². The molecule has 6 heterocycles. The number of anilines is 1. The summed E-state index contributed by atoms with van der Waals surface area (Å²) >= 11 is 0. The molecule has 0 aliphatic carbocycles. The quantitative estimate of drug-likeness (QED) is 0.189. The molecule has 0 unspecified atom stereocenters. The summed E-state index contributed by atoms with van der Waals surface area (Å²) in [4.78, 5) is 31.1. The van der Waals surface area contributed by atoms with Gasteiger partial charge in [-0.2, -0.15) is 28.2 Å². The van der Waals surface area contributed by atoms with Crippen LogP contribution in [0.3, 0.4) is 0 Å². The fourth-order valence-corrected chi connectivity index (χ4v) is 9.11. The molecule has 4 aromatic rings. The van der Waals surface area contributed by atoms with Gasteiger partial charge in [-0.1, -0.05) is 25.3 Å². The van der Waals surface area contributed by atoms with E-state index >= 15 is 0 Å². The molecule has 1 spiro atoms. The Balaban J connectivity index is 1.20. The highest BCUT2D eigenvalue weighted by Gasteiger charge is 2.46. The van der Waals surface area contributed by atoms with Gasteiger partial charge in [-0.3, -0.25) is 9.89 Å². The highest BCUT2D eigenvalue weighted by Crippen LogP contribution is 2.48. The van der Waals surface area contributed by atoms with Gasteiger partial charge >= 0.3 is 12.2 Å². The SMILES string of the molecule is C=CC(=O)N1CC2(CCN(c3nc(OC4CCN(C5CCN(C)CC5)CC4)nc4c(OCC(F)(F)F)c(-c5c(C)ccc6[nH]ncc56)c(C=C)cc34)CC2)C1. The molecule has 0 radical (unpaired) electrons. The highest BCUT2D eigenvalue weighted by molar-refractivity contribution is 6.07. The van der Waals surface area contributed by atoms with Gasteiger partial charge in [0.2, 0.25) is 5.91 Å². The Labute approximate surface area is 319 Å². The molecular formula is C41H49F3N8O3. The largest absolute Gasteiger partial charge is 0.481 e. The Kier molecular flexibility index (Phi) is 9.99. The Hall–Kier alpha value is -4.69. The molecular weight excluding hydrogens is 709 g/mol. The third kappa shape index (κ3) is 7.38. The van der Waals surface area contributed by atoms with Crippen LogP contribution < -0.4 is 14.4 Å². The van der Waals surface area contributed by atoms with Crippen molar-refractivity contribution in [1.82, 2.24) is 34.9 Å². The van der Waals surface area contributed by atoms with Crippen LogP contribution in [0.25, 0.3) is 39.0 Å². The highest BCUT2D eigenvalue weighted by atomic mass is 19.4. The number of fused-ring (bicyclic) bond motifs is 2. The molecule has 55 heavy (non-hydrogen) atoms. The molecule has 2 aromatic heterocycles. The number of carbonyl (C=O) groups is 1. The van der Waals surface area contributed by atoms with E-state index in [9.17, 15) is 18.0 Å². The van der Waals surface area contributed by atoms with Gasteiger partial charge in [0.1, 0.15) is 17.4 Å². The van der Waals surface area contributed by atoms with E-state index in [1.54, 1.807) is 12.3 Å². The van der Waals surface area contributed by atoms with Crippen molar-refractivity contribution >= 4 is 39.6 Å². The summed E-state index contributed by atoms with van der Waals surface area (Å²) in [7, 11) is 2.17. The number of nitrogens with zero attached hydrogens (tertiary/aromatic N) is 7. The number of hydrogen-bond donors (Lipinski definition) is 1. The normalized spacial score (nSPS) is 20.2. The zero-order chi connectivity index (χ0) is 38.5. The van der Waals surface area contributed by atoms with E-state index in [1.807, 2.05) is 30.0 Å². The molecule has 0 bridgehead atoms. The number of likely N-dealkylation sites (tertiary alicyclic amines) is 3. The van der Waals surface area contributed by atoms with E-state index in [4.69, 9.17) is 19.4 Å². The smallest absolute Gasteiger partial charge is 0.422 e. The number of piperidine rings is 3. The lowest BCUT2D eigenvalue weighted by molar-refractivity contribution is -0.153. The summed E-state index contributed by atoms with van der Waals surface area (Å²) in [6, 6.07) is 6.41. The fraction of sp³-hybridized carbons (Fsp3) is 0.512. The van der Waals surface area contributed by atoms with Gasteiger partial charge in [-0.05, 0) is 100 Å². The van der Waals surface area contributed by atoms with Crippen LogP contribution >= 0.6 is 0 Å². The molecule has 1 N–H and O–H groups in total. The van der Waals surface area contributed by atoms with Gasteiger partial charge in [0, 0.05) is 67.1 Å². The predicted octanol–water partition coefficient (Wildman–Crippen LogP) is 6.62. The molecule has 2 aromatic carbocycles. The van der Waals surface area contributed by atoms with Crippen molar-refractivity contribution in [3.05, 3.63) is 54.8 Å². The number of H-pyrrole nitrogens is 1. The maximum Gasteiger partial charge on any atom is 0.422 e. The van der Waals surface area contributed by atoms with E-state index in [1.165, 1.54) is 6.08 Å². The third-order valence-corrected chi connectivity index (χ3v) is 12.2. The van der Waals surface area contributed by atoms with Crippen LogP contribution in [0.5, 0.6) is 11.8 Å². The minimum atomic E-state index is -4.60. The molecule has 8 rings (SSSR count). The molecule has 1 amide bonds. The second-order valence-electron chi connectivity index (χ2n) is 15.9. The minimum absolute atomic E-state index is 0.00170. The van der Waals surface area contributed by atoms with E-state index in [0.717, 1.165) is 81.2 Å². The first kappa shape index (κ1) is 37.2. The summed E-state index contributed by atoms with van der Waals surface area (Å²) < 4.78 is 54.6. The van der Waals surface area contributed by atoms with Crippen LogP contribution in [-0.4, -0.2) is 125 Å². The zero-order valence-corrected chi connectivity index (χ0v) is 31.6. The van der Waals surface area contributed by atoms with Gasteiger partial charge in [-0.15, -0.1) is 0 Å². The van der Waals surface area contributed by atoms with Gasteiger partial charge < -0.3 is 29.1 Å². The summed E-state index contributed by atoms with van der Waals surface area (Å²) in [5.41, 5.74) is 3.57. The fourth-order valence-electron chi connectivity index (χ4n) is 9.11. The first-order valence-electron chi connectivity index (χ1n) is 19.3. The van der Waals surface area contributed by atoms with Crippen molar-refractivity contribution in [3.8, 4) is 22.9 Å². The molecule has 11 nitrogen and oxygen atoms in total. The molecule has 14 heteroatoms. The molecule has 0 atom stereocenters. The van der Waals surface area contributed by atoms with Crippen molar-refractivity contribution in [1.29, 1.82) is 0 Å². The van der Waals surface area contributed by atoms with E-state index in [-0.39, 0.29) is 34.7 Å². The number of nitrogens with one attached hydrogen (secondary N) is 1. The van der Waals surface area contributed by atoms with Crippen LogP contribution in [0.1, 0.15) is 49.7 Å². The number of aryl methyl sites for hydroxylation is 1. The number of benzene rings is 2. The molecule has 4 fully saturated rings. The number of aromatic amines is 1. The Bertz CT molecular complexity index is 2090. The van der Waals surface area contributed by atoms with E-state index in [2.05, 4.69) is 45.1 Å². The third-order valence-electron chi connectivity index (χ3n) is 12.2. The summed E-state index contributed by atoms with van der Waals surface area (Å²) in [6.45, 7) is 14.8.